The first-order chi connectivity index (χ1) is 13.1. The Labute approximate surface area is 160 Å². The number of anilines is 1. The minimum Gasteiger partial charge on any atom is -0.366 e. The van der Waals surface area contributed by atoms with Gasteiger partial charge in [0.25, 0.3) is 5.91 Å². The first-order valence-corrected chi connectivity index (χ1v) is 9.57. The van der Waals surface area contributed by atoms with E-state index in [0.717, 1.165) is 32.0 Å². The summed E-state index contributed by atoms with van der Waals surface area (Å²) in [5.41, 5.74) is 7.58. The molecule has 5 heteroatoms. The molecule has 0 spiro atoms. The standard InChI is InChI=1S/C22H27N3O2/c23-22(27)19-8-4-5-9-20(19)24-21(26)12-15-25-13-10-18(11-14-25)16-17-6-2-1-3-7-17/h1-9,18H,10-16H2,(H2,23,27)(H,24,26). The van der Waals surface area contributed by atoms with Gasteiger partial charge in [-0.1, -0.05) is 42.5 Å². The van der Waals surface area contributed by atoms with E-state index in [2.05, 4.69) is 40.5 Å². The number of carbonyl (C=O) groups is 2. The summed E-state index contributed by atoms with van der Waals surface area (Å²) in [5.74, 6) is 0.0985. The zero-order valence-corrected chi connectivity index (χ0v) is 15.6. The summed E-state index contributed by atoms with van der Waals surface area (Å²) in [6.45, 7) is 2.80. The molecule has 5 nitrogen and oxygen atoms in total. The van der Waals surface area contributed by atoms with Gasteiger partial charge < -0.3 is 16.0 Å². The highest BCUT2D eigenvalue weighted by molar-refractivity contribution is 6.02. The quantitative estimate of drug-likeness (QED) is 0.792. The third kappa shape index (κ3) is 5.66. The zero-order valence-electron chi connectivity index (χ0n) is 15.6. The molecule has 1 fully saturated rings. The number of carbonyl (C=O) groups excluding carboxylic acids is 2. The Bertz CT molecular complexity index is 768. The van der Waals surface area contributed by atoms with E-state index >= 15 is 0 Å². The Morgan fingerprint density at radius 2 is 1.67 bits per heavy atom. The Morgan fingerprint density at radius 3 is 2.37 bits per heavy atom. The monoisotopic (exact) mass is 365 g/mol. The molecule has 2 aromatic carbocycles. The third-order valence-corrected chi connectivity index (χ3v) is 5.20. The SMILES string of the molecule is NC(=O)c1ccccc1NC(=O)CCN1CCC(Cc2ccccc2)CC1. The van der Waals surface area contributed by atoms with Gasteiger partial charge >= 0.3 is 0 Å². The van der Waals surface area contributed by atoms with Crippen LogP contribution in [-0.2, 0) is 11.2 Å². The Hall–Kier alpha value is -2.66. The van der Waals surface area contributed by atoms with Crippen molar-refractivity contribution in [2.75, 3.05) is 25.0 Å². The molecular weight excluding hydrogens is 338 g/mol. The Morgan fingerprint density at radius 1 is 1.00 bits per heavy atom. The molecular formula is C22H27N3O2. The summed E-state index contributed by atoms with van der Waals surface area (Å²) in [4.78, 5) is 26.0. The van der Waals surface area contributed by atoms with Crippen LogP contribution in [0.1, 0.15) is 35.2 Å². The lowest BCUT2D eigenvalue weighted by molar-refractivity contribution is -0.116. The molecule has 0 radical (unpaired) electrons. The molecule has 1 aliphatic heterocycles. The van der Waals surface area contributed by atoms with Gasteiger partial charge in [0.1, 0.15) is 0 Å². The van der Waals surface area contributed by atoms with Crippen molar-refractivity contribution < 1.29 is 9.59 Å². The molecule has 0 aliphatic carbocycles. The summed E-state index contributed by atoms with van der Waals surface area (Å²) in [6.07, 6.45) is 3.89. The van der Waals surface area contributed by atoms with E-state index in [-0.39, 0.29) is 5.91 Å². The molecule has 27 heavy (non-hydrogen) atoms. The van der Waals surface area contributed by atoms with Gasteiger partial charge in [-0.25, -0.2) is 0 Å². The number of likely N-dealkylation sites (tertiary alicyclic amines) is 1. The van der Waals surface area contributed by atoms with Crippen LogP contribution >= 0.6 is 0 Å². The molecule has 0 bridgehead atoms. The number of nitrogens with two attached hydrogens (primary N) is 1. The molecule has 0 atom stereocenters. The summed E-state index contributed by atoms with van der Waals surface area (Å²) >= 11 is 0. The molecule has 2 aromatic rings. The molecule has 2 amide bonds. The van der Waals surface area contributed by atoms with Crippen LogP contribution in [0.5, 0.6) is 0 Å². The van der Waals surface area contributed by atoms with Gasteiger partial charge in [-0.2, -0.15) is 0 Å². The van der Waals surface area contributed by atoms with Crippen LogP contribution in [0.3, 0.4) is 0 Å². The van der Waals surface area contributed by atoms with Gasteiger partial charge in [0, 0.05) is 13.0 Å². The largest absolute Gasteiger partial charge is 0.366 e. The van der Waals surface area contributed by atoms with Crippen molar-refractivity contribution >= 4 is 17.5 Å². The van der Waals surface area contributed by atoms with Crippen molar-refractivity contribution in [3.63, 3.8) is 0 Å². The lowest BCUT2D eigenvalue weighted by Gasteiger charge is -2.31. The summed E-state index contributed by atoms with van der Waals surface area (Å²) < 4.78 is 0. The lowest BCUT2D eigenvalue weighted by Crippen LogP contribution is -2.36. The van der Waals surface area contributed by atoms with Crippen molar-refractivity contribution in [1.29, 1.82) is 0 Å². The molecule has 1 heterocycles. The van der Waals surface area contributed by atoms with Crippen molar-refractivity contribution in [3.05, 3.63) is 65.7 Å². The van der Waals surface area contributed by atoms with Gasteiger partial charge in [-0.15, -0.1) is 0 Å². The van der Waals surface area contributed by atoms with E-state index in [1.165, 1.54) is 18.4 Å². The predicted octanol–water partition coefficient (Wildman–Crippen LogP) is 3.07. The van der Waals surface area contributed by atoms with Crippen molar-refractivity contribution in [3.8, 4) is 0 Å². The predicted molar refractivity (Wildman–Crippen MR) is 108 cm³/mol. The van der Waals surface area contributed by atoms with E-state index < -0.39 is 5.91 Å². The molecule has 1 saturated heterocycles. The minimum atomic E-state index is -0.536. The van der Waals surface area contributed by atoms with E-state index in [9.17, 15) is 9.59 Å². The molecule has 0 unspecified atom stereocenters. The lowest BCUT2D eigenvalue weighted by atomic mass is 9.90. The fourth-order valence-electron chi connectivity index (χ4n) is 3.64. The van der Waals surface area contributed by atoms with Gasteiger partial charge in [0.15, 0.2) is 0 Å². The fourth-order valence-corrected chi connectivity index (χ4v) is 3.64. The maximum absolute atomic E-state index is 12.2. The van der Waals surface area contributed by atoms with Gasteiger partial charge in [0.2, 0.25) is 5.91 Å². The number of nitrogens with zero attached hydrogens (tertiary/aromatic N) is 1. The Balaban J connectivity index is 1.41. The second-order valence-corrected chi connectivity index (χ2v) is 7.18. The number of nitrogens with one attached hydrogen (secondary N) is 1. The average molecular weight is 365 g/mol. The van der Waals surface area contributed by atoms with E-state index in [1.807, 2.05) is 0 Å². The number of piperidine rings is 1. The second kappa shape index (κ2) is 9.33. The van der Waals surface area contributed by atoms with E-state index in [4.69, 9.17) is 5.73 Å². The summed E-state index contributed by atoms with van der Waals surface area (Å²) in [7, 11) is 0. The second-order valence-electron chi connectivity index (χ2n) is 7.18. The summed E-state index contributed by atoms with van der Waals surface area (Å²) in [6, 6.07) is 17.5. The van der Waals surface area contributed by atoms with Crippen LogP contribution in [0, 0.1) is 5.92 Å². The number of rotatable bonds is 7. The third-order valence-electron chi connectivity index (χ3n) is 5.20. The molecule has 3 rings (SSSR count). The van der Waals surface area contributed by atoms with Crippen molar-refractivity contribution in [1.82, 2.24) is 4.90 Å². The van der Waals surface area contributed by atoms with Gasteiger partial charge in [0.05, 0.1) is 11.3 Å². The van der Waals surface area contributed by atoms with Crippen LogP contribution in [-0.4, -0.2) is 36.3 Å². The van der Waals surface area contributed by atoms with Crippen LogP contribution in [0.2, 0.25) is 0 Å². The number of benzene rings is 2. The van der Waals surface area contributed by atoms with E-state index in [0.29, 0.717) is 17.7 Å². The molecule has 142 valence electrons. The summed E-state index contributed by atoms with van der Waals surface area (Å²) in [5, 5.41) is 2.81. The number of para-hydroxylation sites is 1. The molecule has 3 N–H and O–H groups in total. The fraction of sp³-hybridized carbons (Fsp3) is 0.364. The molecule has 0 saturated carbocycles. The highest BCUT2D eigenvalue weighted by Gasteiger charge is 2.20. The molecule has 1 aliphatic rings. The average Bonchev–Trinajstić information content (AvgIpc) is 2.68. The smallest absolute Gasteiger partial charge is 0.250 e. The highest BCUT2D eigenvalue weighted by atomic mass is 16.2. The zero-order chi connectivity index (χ0) is 19.1. The van der Waals surface area contributed by atoms with Crippen LogP contribution in [0.4, 0.5) is 5.69 Å². The number of primary amides is 1. The number of hydrogen-bond acceptors (Lipinski definition) is 3. The van der Waals surface area contributed by atoms with Crippen LogP contribution in [0.15, 0.2) is 54.6 Å². The first kappa shape index (κ1) is 19.1. The molecule has 0 aromatic heterocycles. The van der Waals surface area contributed by atoms with E-state index in [1.54, 1.807) is 24.3 Å². The maximum Gasteiger partial charge on any atom is 0.250 e. The Kier molecular flexibility index (Phi) is 6.60. The number of amides is 2. The van der Waals surface area contributed by atoms with Gasteiger partial charge in [-0.05, 0) is 56.0 Å². The van der Waals surface area contributed by atoms with Gasteiger partial charge in [-0.3, -0.25) is 9.59 Å². The van der Waals surface area contributed by atoms with Crippen LogP contribution in [0.25, 0.3) is 0 Å². The van der Waals surface area contributed by atoms with Crippen LogP contribution < -0.4 is 11.1 Å². The topological polar surface area (TPSA) is 75.4 Å². The first-order valence-electron chi connectivity index (χ1n) is 9.57. The van der Waals surface area contributed by atoms with Crippen molar-refractivity contribution in [2.45, 2.75) is 25.7 Å². The number of hydrogen-bond donors (Lipinski definition) is 2. The van der Waals surface area contributed by atoms with Crippen molar-refractivity contribution in [2.24, 2.45) is 11.7 Å². The highest BCUT2D eigenvalue weighted by Crippen LogP contribution is 2.22. The normalized spacial score (nSPS) is 15.4. The minimum absolute atomic E-state index is 0.0879. The maximum atomic E-state index is 12.2.